The summed E-state index contributed by atoms with van der Waals surface area (Å²) in [6.07, 6.45) is 5.94. The molecule has 0 saturated heterocycles. The van der Waals surface area contributed by atoms with Crippen molar-refractivity contribution in [3.63, 3.8) is 0 Å². The largest absolute Gasteiger partial charge is 0.396 e. The second kappa shape index (κ2) is 8.70. The number of hydrogen-bond acceptors (Lipinski definition) is 3. The molecule has 0 amide bonds. The molecule has 3 nitrogen and oxygen atoms in total. The lowest BCUT2D eigenvalue weighted by molar-refractivity contribution is -0.119. The summed E-state index contributed by atoms with van der Waals surface area (Å²) in [7, 11) is 0. The molecule has 0 heterocycles. The second-order valence-corrected chi connectivity index (χ2v) is 7.24. The topological polar surface area (TPSA) is 57.5 Å². The fourth-order valence-corrected chi connectivity index (χ4v) is 1.97. The lowest BCUT2D eigenvalue weighted by Crippen LogP contribution is -2.17. The number of carbonyl (C=O) groups excluding carboxylic acids is 1. The number of Topliss-reactive ketones (excluding diaryl/α,β-unsaturated/α-hetero) is 1. The van der Waals surface area contributed by atoms with Gasteiger partial charge in [0, 0.05) is 26.1 Å². The van der Waals surface area contributed by atoms with Gasteiger partial charge in [0.05, 0.1) is 0 Å². The van der Waals surface area contributed by atoms with Crippen LogP contribution in [0.15, 0.2) is 0 Å². The third kappa shape index (κ3) is 10.1. The minimum atomic E-state index is -0.0641. The van der Waals surface area contributed by atoms with Crippen molar-refractivity contribution in [2.24, 2.45) is 10.8 Å². The van der Waals surface area contributed by atoms with Crippen molar-refractivity contribution < 1.29 is 15.0 Å². The summed E-state index contributed by atoms with van der Waals surface area (Å²) in [5, 5.41) is 18.3. The van der Waals surface area contributed by atoms with Crippen molar-refractivity contribution in [2.45, 2.75) is 72.6 Å². The molecule has 0 saturated carbocycles. The molecule has 0 aromatic carbocycles. The van der Waals surface area contributed by atoms with E-state index in [0.717, 1.165) is 32.1 Å². The Hall–Kier alpha value is -0.410. The Labute approximate surface area is 118 Å². The number of aliphatic hydroxyl groups excluding tert-OH is 2. The van der Waals surface area contributed by atoms with Gasteiger partial charge >= 0.3 is 0 Å². The van der Waals surface area contributed by atoms with Gasteiger partial charge in [-0.1, -0.05) is 34.1 Å². The number of carbonyl (C=O) groups is 1. The van der Waals surface area contributed by atoms with Crippen molar-refractivity contribution >= 4 is 5.78 Å². The summed E-state index contributed by atoms with van der Waals surface area (Å²) < 4.78 is 0. The SMILES string of the molecule is CC(C)(CO)CCCCC(=O)CCCC(C)(C)CO. The number of aliphatic hydroxyl groups is 2. The van der Waals surface area contributed by atoms with Crippen LogP contribution in [0.3, 0.4) is 0 Å². The summed E-state index contributed by atoms with van der Waals surface area (Å²) in [5.41, 5.74) is -0.0837. The van der Waals surface area contributed by atoms with E-state index in [1.54, 1.807) is 0 Å². The Morgan fingerprint density at radius 1 is 0.789 bits per heavy atom. The maximum atomic E-state index is 11.7. The van der Waals surface area contributed by atoms with Gasteiger partial charge in [-0.05, 0) is 36.5 Å². The quantitative estimate of drug-likeness (QED) is 0.567. The lowest BCUT2D eigenvalue weighted by Gasteiger charge is -2.21. The Morgan fingerprint density at radius 3 is 1.68 bits per heavy atom. The van der Waals surface area contributed by atoms with Crippen LogP contribution in [0.2, 0.25) is 0 Å². The smallest absolute Gasteiger partial charge is 0.132 e. The van der Waals surface area contributed by atoms with Crippen LogP contribution in [0.25, 0.3) is 0 Å². The Kier molecular flexibility index (Phi) is 8.51. The Bertz CT molecular complexity index is 257. The molecule has 19 heavy (non-hydrogen) atoms. The zero-order chi connectivity index (χ0) is 14.9. The number of rotatable bonds is 11. The highest BCUT2D eigenvalue weighted by Crippen LogP contribution is 2.24. The normalized spacial score (nSPS) is 12.7. The Morgan fingerprint density at radius 2 is 1.21 bits per heavy atom. The minimum Gasteiger partial charge on any atom is -0.396 e. The first kappa shape index (κ1) is 18.6. The fraction of sp³-hybridized carbons (Fsp3) is 0.938. The molecule has 0 aromatic heterocycles. The van der Waals surface area contributed by atoms with Gasteiger partial charge in [0.1, 0.15) is 5.78 Å². The summed E-state index contributed by atoms with van der Waals surface area (Å²) in [6, 6.07) is 0. The number of unbranched alkanes of at least 4 members (excludes halogenated alkanes) is 1. The fourth-order valence-electron chi connectivity index (χ4n) is 1.97. The summed E-state index contributed by atoms with van der Waals surface area (Å²) in [5.74, 6) is 0.329. The molecule has 2 N–H and O–H groups in total. The van der Waals surface area contributed by atoms with E-state index >= 15 is 0 Å². The van der Waals surface area contributed by atoms with Gasteiger partial charge in [-0.2, -0.15) is 0 Å². The van der Waals surface area contributed by atoms with E-state index in [0.29, 0.717) is 18.6 Å². The molecule has 114 valence electrons. The molecule has 0 spiro atoms. The Balaban J connectivity index is 3.61. The van der Waals surface area contributed by atoms with Crippen molar-refractivity contribution in [1.82, 2.24) is 0 Å². The van der Waals surface area contributed by atoms with Crippen LogP contribution in [0.5, 0.6) is 0 Å². The molecule has 0 unspecified atom stereocenters. The highest BCUT2D eigenvalue weighted by atomic mass is 16.3. The molecule has 0 aromatic rings. The molecule has 3 heteroatoms. The van der Waals surface area contributed by atoms with Gasteiger partial charge in [0.2, 0.25) is 0 Å². The van der Waals surface area contributed by atoms with Crippen molar-refractivity contribution in [3.05, 3.63) is 0 Å². The second-order valence-electron chi connectivity index (χ2n) is 7.24. The van der Waals surface area contributed by atoms with Gasteiger partial charge in [-0.3, -0.25) is 4.79 Å². The van der Waals surface area contributed by atoms with Crippen molar-refractivity contribution in [2.75, 3.05) is 13.2 Å². The van der Waals surface area contributed by atoms with E-state index in [1.807, 2.05) is 27.7 Å². The molecule has 0 fully saturated rings. The summed E-state index contributed by atoms with van der Waals surface area (Å²) in [4.78, 5) is 11.7. The number of hydrogen-bond donors (Lipinski definition) is 2. The van der Waals surface area contributed by atoms with Gasteiger partial charge in [0.25, 0.3) is 0 Å². The van der Waals surface area contributed by atoms with E-state index in [4.69, 9.17) is 10.2 Å². The van der Waals surface area contributed by atoms with E-state index in [-0.39, 0.29) is 24.0 Å². The van der Waals surface area contributed by atoms with Crippen LogP contribution in [-0.4, -0.2) is 29.2 Å². The summed E-state index contributed by atoms with van der Waals surface area (Å²) in [6.45, 7) is 8.52. The summed E-state index contributed by atoms with van der Waals surface area (Å²) >= 11 is 0. The highest BCUT2D eigenvalue weighted by molar-refractivity contribution is 5.78. The third-order valence-electron chi connectivity index (χ3n) is 3.72. The van der Waals surface area contributed by atoms with Crippen LogP contribution in [0.1, 0.15) is 72.6 Å². The third-order valence-corrected chi connectivity index (χ3v) is 3.72. The predicted octanol–water partition coefficient (Wildman–Crippen LogP) is 3.32. The van der Waals surface area contributed by atoms with Crippen LogP contribution >= 0.6 is 0 Å². The average molecular weight is 272 g/mol. The molecule has 0 aliphatic heterocycles. The highest BCUT2D eigenvalue weighted by Gasteiger charge is 2.17. The van der Waals surface area contributed by atoms with Gasteiger partial charge in [-0.25, -0.2) is 0 Å². The molecule has 0 aliphatic carbocycles. The van der Waals surface area contributed by atoms with Crippen LogP contribution in [-0.2, 0) is 4.79 Å². The monoisotopic (exact) mass is 272 g/mol. The molecule has 0 bridgehead atoms. The molecular formula is C16H32O3. The predicted molar refractivity (Wildman–Crippen MR) is 79.1 cm³/mol. The molecular weight excluding hydrogens is 240 g/mol. The molecule has 0 aliphatic rings. The molecule has 0 rings (SSSR count). The molecule has 0 atom stereocenters. The zero-order valence-electron chi connectivity index (χ0n) is 13.2. The van der Waals surface area contributed by atoms with Crippen molar-refractivity contribution in [3.8, 4) is 0 Å². The van der Waals surface area contributed by atoms with Gasteiger partial charge in [0.15, 0.2) is 0 Å². The maximum Gasteiger partial charge on any atom is 0.132 e. The minimum absolute atomic E-state index is 0.0196. The first-order chi connectivity index (χ1) is 8.72. The van der Waals surface area contributed by atoms with Crippen LogP contribution < -0.4 is 0 Å². The molecule has 0 radical (unpaired) electrons. The van der Waals surface area contributed by atoms with Gasteiger partial charge in [-0.15, -0.1) is 0 Å². The standard InChI is InChI=1S/C16H32O3/c1-15(2,12-17)10-6-5-8-14(19)9-7-11-16(3,4)13-18/h17-18H,5-13H2,1-4H3. The average Bonchev–Trinajstić information content (AvgIpc) is 2.34. The van der Waals surface area contributed by atoms with Gasteiger partial charge < -0.3 is 10.2 Å². The number of ketones is 1. The van der Waals surface area contributed by atoms with Crippen LogP contribution in [0, 0.1) is 10.8 Å². The zero-order valence-corrected chi connectivity index (χ0v) is 13.2. The lowest BCUT2D eigenvalue weighted by atomic mass is 9.86. The van der Waals surface area contributed by atoms with E-state index in [1.165, 1.54) is 0 Å². The van der Waals surface area contributed by atoms with E-state index < -0.39 is 0 Å². The first-order valence-corrected chi connectivity index (χ1v) is 7.46. The first-order valence-electron chi connectivity index (χ1n) is 7.46. The van der Waals surface area contributed by atoms with Crippen LogP contribution in [0.4, 0.5) is 0 Å². The van der Waals surface area contributed by atoms with Crippen molar-refractivity contribution in [1.29, 1.82) is 0 Å². The maximum absolute atomic E-state index is 11.7. The van der Waals surface area contributed by atoms with E-state index in [2.05, 4.69) is 0 Å². The van der Waals surface area contributed by atoms with E-state index in [9.17, 15) is 4.79 Å².